The standard InChI is InChI=1S/C23H27BrN6O2S/c1-5-14(2)19(26-22(32)25-17-10-8-16(24)9-11-17)20(31)27-23-29-28-21(33-23)15-6-12-18(13-7-15)30(3)4/h6-14,19H,5H2,1-4H3,(H2,25,26,32)(H,27,29,31). The molecule has 1 heterocycles. The van der Waals surface area contributed by atoms with Crippen molar-refractivity contribution in [1.29, 1.82) is 0 Å². The van der Waals surface area contributed by atoms with E-state index in [0.29, 0.717) is 15.8 Å². The van der Waals surface area contributed by atoms with Gasteiger partial charge in [0.25, 0.3) is 0 Å². The molecule has 0 spiro atoms. The zero-order valence-electron chi connectivity index (χ0n) is 18.9. The molecule has 33 heavy (non-hydrogen) atoms. The van der Waals surface area contributed by atoms with Crippen molar-refractivity contribution in [2.75, 3.05) is 29.6 Å². The number of anilines is 3. The molecule has 174 valence electrons. The van der Waals surface area contributed by atoms with Crippen molar-refractivity contribution in [2.24, 2.45) is 5.92 Å². The fourth-order valence-electron chi connectivity index (χ4n) is 3.02. The van der Waals surface area contributed by atoms with Gasteiger partial charge in [-0.15, -0.1) is 10.2 Å². The normalized spacial score (nSPS) is 12.5. The van der Waals surface area contributed by atoms with Crippen LogP contribution in [0.15, 0.2) is 53.0 Å². The van der Waals surface area contributed by atoms with E-state index >= 15 is 0 Å². The van der Waals surface area contributed by atoms with Crippen LogP contribution < -0.4 is 20.9 Å². The molecule has 0 saturated carbocycles. The van der Waals surface area contributed by atoms with Crippen LogP contribution in [0.3, 0.4) is 0 Å². The Morgan fingerprint density at radius 3 is 2.30 bits per heavy atom. The smallest absolute Gasteiger partial charge is 0.319 e. The molecule has 0 bridgehead atoms. The molecule has 1 aromatic heterocycles. The van der Waals surface area contributed by atoms with Gasteiger partial charge in [0.1, 0.15) is 11.0 Å². The predicted octanol–water partition coefficient (Wildman–Crippen LogP) is 5.21. The SMILES string of the molecule is CCC(C)C(NC(=O)Nc1ccc(Br)cc1)C(=O)Nc1nnc(-c2ccc(N(C)C)cc2)s1. The second kappa shape index (κ2) is 11.2. The second-order valence-corrected chi connectivity index (χ2v) is 9.70. The van der Waals surface area contributed by atoms with Gasteiger partial charge in [-0.05, 0) is 54.4 Å². The third-order valence-corrected chi connectivity index (χ3v) is 6.59. The Balaban J connectivity index is 1.66. The zero-order chi connectivity index (χ0) is 24.0. The van der Waals surface area contributed by atoms with Gasteiger partial charge in [0.05, 0.1) is 0 Å². The molecule has 3 amide bonds. The number of benzene rings is 2. The molecule has 3 rings (SSSR count). The largest absolute Gasteiger partial charge is 0.378 e. The van der Waals surface area contributed by atoms with Gasteiger partial charge >= 0.3 is 6.03 Å². The predicted molar refractivity (Wildman–Crippen MR) is 138 cm³/mol. The van der Waals surface area contributed by atoms with E-state index in [9.17, 15) is 9.59 Å². The van der Waals surface area contributed by atoms with Crippen molar-refractivity contribution in [2.45, 2.75) is 26.3 Å². The summed E-state index contributed by atoms with van der Waals surface area (Å²) in [6, 6.07) is 14.0. The van der Waals surface area contributed by atoms with E-state index in [4.69, 9.17) is 0 Å². The van der Waals surface area contributed by atoms with Crippen LogP contribution in [0, 0.1) is 5.92 Å². The Bertz CT molecular complexity index is 1090. The maximum atomic E-state index is 13.0. The van der Waals surface area contributed by atoms with Crippen LogP contribution in [0.2, 0.25) is 0 Å². The topological polar surface area (TPSA) is 99.2 Å². The number of rotatable bonds is 8. The van der Waals surface area contributed by atoms with Gasteiger partial charge < -0.3 is 15.5 Å². The minimum absolute atomic E-state index is 0.0772. The van der Waals surface area contributed by atoms with Crippen molar-refractivity contribution in [1.82, 2.24) is 15.5 Å². The van der Waals surface area contributed by atoms with Crippen LogP contribution in [0.1, 0.15) is 20.3 Å². The fourth-order valence-corrected chi connectivity index (χ4v) is 4.04. The number of aromatic nitrogens is 2. The minimum Gasteiger partial charge on any atom is -0.378 e. The first-order chi connectivity index (χ1) is 15.8. The van der Waals surface area contributed by atoms with E-state index in [1.165, 1.54) is 11.3 Å². The lowest BCUT2D eigenvalue weighted by Gasteiger charge is -2.23. The highest BCUT2D eigenvalue weighted by molar-refractivity contribution is 9.10. The van der Waals surface area contributed by atoms with Crippen molar-refractivity contribution < 1.29 is 9.59 Å². The average Bonchev–Trinajstić information content (AvgIpc) is 3.27. The van der Waals surface area contributed by atoms with Crippen molar-refractivity contribution >= 4 is 55.7 Å². The summed E-state index contributed by atoms with van der Waals surface area (Å²) < 4.78 is 0.912. The van der Waals surface area contributed by atoms with Crippen LogP contribution in [0.5, 0.6) is 0 Å². The molecule has 0 saturated heterocycles. The Morgan fingerprint density at radius 1 is 1.03 bits per heavy atom. The first kappa shape index (κ1) is 24.7. The zero-order valence-corrected chi connectivity index (χ0v) is 21.3. The summed E-state index contributed by atoms with van der Waals surface area (Å²) in [6.07, 6.45) is 0.718. The third-order valence-electron chi connectivity index (χ3n) is 5.17. The molecule has 0 fully saturated rings. The molecule has 8 nitrogen and oxygen atoms in total. The number of carbonyl (C=O) groups excluding carboxylic acids is 2. The van der Waals surface area contributed by atoms with Crippen molar-refractivity contribution in [3.05, 3.63) is 53.0 Å². The number of nitrogens with one attached hydrogen (secondary N) is 3. The summed E-state index contributed by atoms with van der Waals surface area (Å²) in [6.45, 7) is 3.89. The highest BCUT2D eigenvalue weighted by Crippen LogP contribution is 2.28. The molecular weight excluding hydrogens is 504 g/mol. The van der Waals surface area contributed by atoms with Crippen LogP contribution >= 0.6 is 27.3 Å². The minimum atomic E-state index is -0.725. The van der Waals surface area contributed by atoms with Crippen molar-refractivity contribution in [3.8, 4) is 10.6 Å². The Morgan fingerprint density at radius 2 is 1.70 bits per heavy atom. The van der Waals surface area contributed by atoms with Crippen LogP contribution in [-0.4, -0.2) is 42.3 Å². The summed E-state index contributed by atoms with van der Waals surface area (Å²) in [5.41, 5.74) is 2.64. The van der Waals surface area contributed by atoms with E-state index in [0.717, 1.165) is 22.1 Å². The molecular formula is C23H27BrN6O2S. The summed E-state index contributed by atoms with van der Waals surface area (Å²) in [5.74, 6) is -0.410. The molecule has 2 atom stereocenters. The van der Waals surface area contributed by atoms with Crippen LogP contribution in [0.25, 0.3) is 10.6 Å². The lowest BCUT2D eigenvalue weighted by Crippen LogP contribution is -2.49. The van der Waals surface area contributed by atoms with Gasteiger partial charge in [0.15, 0.2) is 0 Å². The number of nitrogens with zero attached hydrogens (tertiary/aromatic N) is 3. The lowest BCUT2D eigenvalue weighted by molar-refractivity contribution is -0.119. The van der Waals surface area contributed by atoms with Gasteiger partial charge in [-0.1, -0.05) is 47.5 Å². The van der Waals surface area contributed by atoms with Crippen molar-refractivity contribution in [3.63, 3.8) is 0 Å². The van der Waals surface area contributed by atoms with Crippen LogP contribution in [0.4, 0.5) is 21.3 Å². The molecule has 0 aliphatic rings. The molecule has 0 radical (unpaired) electrons. The number of urea groups is 1. The first-order valence-electron chi connectivity index (χ1n) is 10.5. The number of halogens is 1. The molecule has 2 aromatic carbocycles. The maximum Gasteiger partial charge on any atom is 0.319 e. The summed E-state index contributed by atoms with van der Waals surface area (Å²) in [5, 5.41) is 17.7. The maximum absolute atomic E-state index is 13.0. The van der Waals surface area contributed by atoms with Crippen LogP contribution in [-0.2, 0) is 4.79 Å². The lowest BCUT2D eigenvalue weighted by atomic mass is 9.98. The highest BCUT2D eigenvalue weighted by Gasteiger charge is 2.27. The molecule has 0 aliphatic heterocycles. The third kappa shape index (κ3) is 6.75. The summed E-state index contributed by atoms with van der Waals surface area (Å²) >= 11 is 4.65. The molecule has 2 unspecified atom stereocenters. The van der Waals surface area contributed by atoms with E-state index in [2.05, 4.69) is 42.1 Å². The van der Waals surface area contributed by atoms with Gasteiger partial charge in [-0.3, -0.25) is 10.1 Å². The van der Waals surface area contributed by atoms with E-state index in [1.807, 2.05) is 69.2 Å². The Kier molecular flexibility index (Phi) is 8.40. The van der Waals surface area contributed by atoms with Gasteiger partial charge in [-0.25, -0.2) is 4.79 Å². The first-order valence-corrected chi connectivity index (χ1v) is 12.1. The second-order valence-electron chi connectivity index (χ2n) is 7.81. The molecule has 3 aromatic rings. The number of hydrogen-bond donors (Lipinski definition) is 3. The quantitative estimate of drug-likeness (QED) is 0.371. The fraction of sp³-hybridized carbons (Fsp3) is 0.304. The molecule has 0 aliphatic carbocycles. The van der Waals surface area contributed by atoms with E-state index < -0.39 is 12.1 Å². The number of amides is 3. The summed E-state index contributed by atoms with van der Waals surface area (Å²) in [7, 11) is 3.96. The number of hydrogen-bond acceptors (Lipinski definition) is 6. The molecule has 3 N–H and O–H groups in total. The van der Waals surface area contributed by atoms with E-state index in [-0.39, 0.29) is 11.8 Å². The Hall–Kier alpha value is -2.98. The van der Waals surface area contributed by atoms with Gasteiger partial charge in [-0.2, -0.15) is 0 Å². The molecule has 10 heteroatoms. The highest BCUT2D eigenvalue weighted by atomic mass is 79.9. The Labute approximate surface area is 205 Å². The van der Waals surface area contributed by atoms with E-state index in [1.54, 1.807) is 12.1 Å². The van der Waals surface area contributed by atoms with Gasteiger partial charge in [0.2, 0.25) is 11.0 Å². The number of carbonyl (C=O) groups is 2. The summed E-state index contributed by atoms with van der Waals surface area (Å²) in [4.78, 5) is 27.5. The monoisotopic (exact) mass is 530 g/mol. The average molecular weight is 531 g/mol. The van der Waals surface area contributed by atoms with Gasteiger partial charge in [0, 0.05) is 35.5 Å².